The highest BCUT2D eigenvalue weighted by Gasteiger charge is 1.96. The highest BCUT2D eigenvalue weighted by molar-refractivity contribution is 6.32. The maximum atomic E-state index is 10.4. The lowest BCUT2D eigenvalue weighted by atomic mass is 10.2. The molecular formula is C9H9ClN2O. The molecule has 0 saturated carbocycles. The van der Waals surface area contributed by atoms with E-state index in [1.807, 2.05) is 0 Å². The highest BCUT2D eigenvalue weighted by atomic mass is 35.5. The van der Waals surface area contributed by atoms with Crippen LogP contribution in [-0.4, -0.2) is 5.91 Å². The van der Waals surface area contributed by atoms with Gasteiger partial charge in [-0.25, -0.2) is 0 Å². The van der Waals surface area contributed by atoms with Crippen LogP contribution in [0, 0.1) is 0 Å². The van der Waals surface area contributed by atoms with Crippen LogP contribution in [0.25, 0.3) is 6.08 Å². The molecule has 0 spiro atoms. The van der Waals surface area contributed by atoms with E-state index in [2.05, 4.69) is 0 Å². The van der Waals surface area contributed by atoms with Gasteiger partial charge in [-0.05, 0) is 23.8 Å². The van der Waals surface area contributed by atoms with Gasteiger partial charge in [0.15, 0.2) is 0 Å². The number of carbonyl (C=O) groups excluding carboxylic acids is 1. The lowest BCUT2D eigenvalue weighted by Crippen LogP contribution is -2.05. The molecule has 0 aliphatic heterocycles. The summed E-state index contributed by atoms with van der Waals surface area (Å²) in [6.45, 7) is 0. The lowest BCUT2D eigenvalue weighted by molar-refractivity contribution is -0.113. The van der Waals surface area contributed by atoms with E-state index in [1.54, 1.807) is 24.3 Å². The Morgan fingerprint density at radius 1 is 1.46 bits per heavy atom. The topological polar surface area (TPSA) is 69.1 Å². The molecule has 0 radical (unpaired) electrons. The number of amides is 1. The average molecular weight is 197 g/mol. The van der Waals surface area contributed by atoms with Crippen LogP contribution in [-0.2, 0) is 4.79 Å². The normalized spacial score (nSPS) is 10.5. The first-order valence-electron chi connectivity index (χ1n) is 3.62. The van der Waals surface area contributed by atoms with E-state index < -0.39 is 5.91 Å². The zero-order valence-corrected chi connectivity index (χ0v) is 7.58. The van der Waals surface area contributed by atoms with Gasteiger partial charge in [0.2, 0.25) is 5.91 Å². The van der Waals surface area contributed by atoms with Gasteiger partial charge in [0, 0.05) is 16.8 Å². The van der Waals surface area contributed by atoms with Crippen molar-refractivity contribution in [2.75, 3.05) is 5.73 Å². The van der Waals surface area contributed by atoms with Crippen molar-refractivity contribution in [3.63, 3.8) is 0 Å². The number of nitrogens with two attached hydrogens (primary N) is 2. The van der Waals surface area contributed by atoms with Crippen molar-refractivity contribution in [1.82, 2.24) is 0 Å². The third kappa shape index (κ3) is 2.80. The van der Waals surface area contributed by atoms with Crippen LogP contribution in [0.15, 0.2) is 24.3 Å². The first kappa shape index (κ1) is 9.61. The second-order valence-corrected chi connectivity index (χ2v) is 2.92. The third-order valence-electron chi connectivity index (χ3n) is 1.45. The summed E-state index contributed by atoms with van der Waals surface area (Å²) in [5.41, 5.74) is 11.7. The van der Waals surface area contributed by atoms with E-state index in [0.717, 1.165) is 5.56 Å². The zero-order valence-electron chi connectivity index (χ0n) is 6.83. The summed E-state index contributed by atoms with van der Waals surface area (Å²) >= 11 is 5.83. The van der Waals surface area contributed by atoms with Gasteiger partial charge in [-0.15, -0.1) is 0 Å². The standard InChI is InChI=1S/C9H9ClN2O/c10-8-5-7(11)3-1-6(8)2-4-9(12)13/h1-5H,11H2,(H2,12,13). The Morgan fingerprint density at radius 3 is 2.69 bits per heavy atom. The van der Waals surface area contributed by atoms with Crippen LogP contribution < -0.4 is 11.5 Å². The van der Waals surface area contributed by atoms with Crippen LogP contribution in [0.3, 0.4) is 0 Å². The molecule has 0 atom stereocenters. The minimum Gasteiger partial charge on any atom is -0.399 e. The molecule has 0 aliphatic rings. The van der Waals surface area contributed by atoms with Gasteiger partial charge in [-0.3, -0.25) is 4.79 Å². The predicted octanol–water partition coefficient (Wildman–Crippen LogP) is 1.42. The van der Waals surface area contributed by atoms with Gasteiger partial charge in [-0.2, -0.15) is 0 Å². The van der Waals surface area contributed by atoms with Gasteiger partial charge in [-0.1, -0.05) is 17.7 Å². The van der Waals surface area contributed by atoms with E-state index in [-0.39, 0.29) is 0 Å². The maximum Gasteiger partial charge on any atom is 0.241 e. The fraction of sp³-hybridized carbons (Fsp3) is 0. The number of nitrogen functional groups attached to an aromatic ring is 1. The second-order valence-electron chi connectivity index (χ2n) is 2.52. The molecule has 0 unspecified atom stereocenters. The number of rotatable bonds is 2. The van der Waals surface area contributed by atoms with Crippen LogP contribution in [0.1, 0.15) is 5.56 Å². The summed E-state index contributed by atoms with van der Waals surface area (Å²) < 4.78 is 0. The van der Waals surface area contributed by atoms with Gasteiger partial charge in [0.1, 0.15) is 0 Å². The van der Waals surface area contributed by atoms with Crippen molar-refractivity contribution >= 4 is 29.3 Å². The monoisotopic (exact) mass is 196 g/mol. The Labute approximate surface area is 81.0 Å². The predicted molar refractivity (Wildman–Crippen MR) is 54.1 cm³/mol. The first-order chi connectivity index (χ1) is 6.09. The Hall–Kier alpha value is -1.48. The summed E-state index contributed by atoms with van der Waals surface area (Å²) in [7, 11) is 0. The number of hydrogen-bond acceptors (Lipinski definition) is 2. The van der Waals surface area contributed by atoms with Crippen LogP contribution in [0.4, 0.5) is 5.69 Å². The molecule has 0 aliphatic carbocycles. The van der Waals surface area contributed by atoms with Crippen molar-refractivity contribution < 1.29 is 4.79 Å². The molecule has 1 aromatic carbocycles. The molecule has 4 N–H and O–H groups in total. The van der Waals surface area contributed by atoms with Gasteiger partial charge in [0.25, 0.3) is 0 Å². The molecule has 0 saturated heterocycles. The van der Waals surface area contributed by atoms with E-state index in [4.69, 9.17) is 23.1 Å². The molecule has 1 rings (SSSR count). The molecule has 68 valence electrons. The summed E-state index contributed by atoms with van der Waals surface area (Å²) in [5.74, 6) is -0.507. The smallest absolute Gasteiger partial charge is 0.241 e. The largest absolute Gasteiger partial charge is 0.399 e. The Kier molecular flexibility index (Phi) is 2.93. The van der Waals surface area contributed by atoms with Crippen LogP contribution >= 0.6 is 11.6 Å². The fourth-order valence-electron chi connectivity index (χ4n) is 0.850. The number of benzene rings is 1. The van der Waals surface area contributed by atoms with Crippen molar-refractivity contribution in [3.8, 4) is 0 Å². The highest BCUT2D eigenvalue weighted by Crippen LogP contribution is 2.20. The van der Waals surface area contributed by atoms with E-state index in [9.17, 15) is 4.79 Å². The molecule has 0 heterocycles. The molecule has 13 heavy (non-hydrogen) atoms. The van der Waals surface area contributed by atoms with Gasteiger partial charge < -0.3 is 11.5 Å². The maximum absolute atomic E-state index is 10.4. The quantitative estimate of drug-likeness (QED) is 0.555. The van der Waals surface area contributed by atoms with Gasteiger partial charge >= 0.3 is 0 Å². The zero-order chi connectivity index (χ0) is 9.84. The Morgan fingerprint density at radius 2 is 2.15 bits per heavy atom. The van der Waals surface area contributed by atoms with Crippen molar-refractivity contribution in [1.29, 1.82) is 0 Å². The van der Waals surface area contributed by atoms with E-state index in [0.29, 0.717) is 10.7 Å². The third-order valence-corrected chi connectivity index (χ3v) is 1.78. The molecule has 0 bridgehead atoms. The Bertz CT molecular complexity index is 361. The molecular weight excluding hydrogens is 188 g/mol. The van der Waals surface area contributed by atoms with Crippen molar-refractivity contribution in [3.05, 3.63) is 34.9 Å². The molecule has 4 heteroatoms. The fourth-order valence-corrected chi connectivity index (χ4v) is 1.10. The molecule has 1 aromatic rings. The number of primary amides is 1. The Balaban J connectivity index is 2.96. The van der Waals surface area contributed by atoms with Crippen LogP contribution in [0.5, 0.6) is 0 Å². The molecule has 0 aromatic heterocycles. The molecule has 0 fully saturated rings. The minimum absolute atomic E-state index is 0.498. The molecule has 1 amide bonds. The number of carbonyl (C=O) groups is 1. The molecule has 3 nitrogen and oxygen atoms in total. The van der Waals surface area contributed by atoms with Crippen LogP contribution in [0.2, 0.25) is 5.02 Å². The van der Waals surface area contributed by atoms with E-state index >= 15 is 0 Å². The summed E-state index contributed by atoms with van der Waals surface area (Å²) in [6.07, 6.45) is 2.79. The first-order valence-corrected chi connectivity index (χ1v) is 4.00. The lowest BCUT2D eigenvalue weighted by Gasteiger charge is -1.98. The van der Waals surface area contributed by atoms with Crippen molar-refractivity contribution in [2.45, 2.75) is 0 Å². The summed E-state index contributed by atoms with van der Waals surface area (Å²) in [6, 6.07) is 5.03. The van der Waals surface area contributed by atoms with Gasteiger partial charge in [0.05, 0.1) is 0 Å². The summed E-state index contributed by atoms with van der Waals surface area (Å²) in [4.78, 5) is 10.4. The number of halogens is 1. The number of anilines is 1. The minimum atomic E-state index is -0.507. The number of hydrogen-bond donors (Lipinski definition) is 2. The second kappa shape index (κ2) is 3.96. The van der Waals surface area contributed by atoms with Crippen molar-refractivity contribution in [2.24, 2.45) is 5.73 Å². The summed E-state index contributed by atoms with van der Waals surface area (Å²) in [5, 5.41) is 0.498. The SMILES string of the molecule is NC(=O)C=Cc1ccc(N)cc1Cl. The average Bonchev–Trinajstić information content (AvgIpc) is 2.02. The van der Waals surface area contributed by atoms with E-state index in [1.165, 1.54) is 6.08 Å².